The first-order valence-electron chi connectivity index (χ1n) is 6.87. The number of carbonyl (C=O) groups is 1. The van der Waals surface area contributed by atoms with Gasteiger partial charge in [-0.2, -0.15) is 0 Å². The molecule has 1 rings (SSSR count). The average Bonchev–Trinajstić information content (AvgIpc) is 2.39. The van der Waals surface area contributed by atoms with Crippen molar-refractivity contribution in [2.24, 2.45) is 11.7 Å². The van der Waals surface area contributed by atoms with Gasteiger partial charge in [0.1, 0.15) is 5.75 Å². The van der Waals surface area contributed by atoms with Crippen LogP contribution in [0.3, 0.4) is 0 Å². The molecule has 1 amide bonds. The van der Waals surface area contributed by atoms with E-state index in [1.54, 1.807) is 24.3 Å². The monoisotopic (exact) mass is 280 g/mol. The van der Waals surface area contributed by atoms with E-state index in [0.717, 1.165) is 5.56 Å². The lowest BCUT2D eigenvalue weighted by Crippen LogP contribution is -2.48. The number of phenols is 1. The molecule has 0 spiro atoms. The maximum Gasteiger partial charge on any atom is 0.237 e. The zero-order valence-electron chi connectivity index (χ0n) is 12.0. The highest BCUT2D eigenvalue weighted by Gasteiger charge is 2.18. The van der Waals surface area contributed by atoms with Crippen LogP contribution in [0, 0.1) is 5.92 Å². The summed E-state index contributed by atoms with van der Waals surface area (Å²) in [5.74, 6) is 0.308. The van der Waals surface area contributed by atoms with Crippen LogP contribution in [0.2, 0.25) is 0 Å². The predicted octanol–water partition coefficient (Wildman–Crippen LogP) is 0.785. The van der Waals surface area contributed by atoms with Crippen LogP contribution in [-0.2, 0) is 11.2 Å². The van der Waals surface area contributed by atoms with Gasteiger partial charge in [-0.15, -0.1) is 0 Å². The molecule has 5 N–H and O–H groups in total. The maximum absolute atomic E-state index is 12.0. The fourth-order valence-electron chi connectivity index (χ4n) is 2.04. The third-order valence-electron chi connectivity index (χ3n) is 3.05. The molecule has 0 heterocycles. The van der Waals surface area contributed by atoms with Crippen molar-refractivity contribution in [3.8, 4) is 5.75 Å². The highest BCUT2D eigenvalue weighted by Crippen LogP contribution is 2.11. The Labute approximate surface area is 119 Å². The fraction of sp³-hybridized carbons (Fsp3) is 0.533. The lowest BCUT2D eigenvalue weighted by Gasteiger charge is -2.20. The number of rotatable bonds is 7. The first-order chi connectivity index (χ1) is 9.42. The van der Waals surface area contributed by atoms with Crippen molar-refractivity contribution in [1.29, 1.82) is 0 Å². The number of nitrogens with two attached hydrogens (primary N) is 1. The number of hydrogen-bond donors (Lipinski definition) is 4. The lowest BCUT2D eigenvalue weighted by atomic mass is 10.0. The van der Waals surface area contributed by atoms with E-state index >= 15 is 0 Å². The van der Waals surface area contributed by atoms with Gasteiger partial charge in [0.2, 0.25) is 5.91 Å². The molecule has 0 radical (unpaired) electrons. The van der Waals surface area contributed by atoms with E-state index < -0.39 is 6.04 Å². The maximum atomic E-state index is 12.0. The number of amides is 1. The van der Waals surface area contributed by atoms with Gasteiger partial charge in [0, 0.05) is 0 Å². The molecule has 1 aromatic carbocycles. The molecule has 0 aliphatic heterocycles. The van der Waals surface area contributed by atoms with E-state index in [0.29, 0.717) is 18.8 Å². The van der Waals surface area contributed by atoms with Gasteiger partial charge in [-0.05, 0) is 36.5 Å². The Morgan fingerprint density at radius 3 is 2.40 bits per heavy atom. The second-order valence-electron chi connectivity index (χ2n) is 5.49. The largest absolute Gasteiger partial charge is 0.508 e. The van der Waals surface area contributed by atoms with Crippen molar-refractivity contribution in [2.45, 2.75) is 38.8 Å². The van der Waals surface area contributed by atoms with Crippen molar-refractivity contribution in [3.05, 3.63) is 29.8 Å². The molecule has 5 heteroatoms. The van der Waals surface area contributed by atoms with Crippen LogP contribution in [-0.4, -0.2) is 34.8 Å². The summed E-state index contributed by atoms with van der Waals surface area (Å²) >= 11 is 0. The van der Waals surface area contributed by atoms with E-state index in [-0.39, 0.29) is 24.3 Å². The molecule has 20 heavy (non-hydrogen) atoms. The number of hydrogen-bond acceptors (Lipinski definition) is 4. The highest BCUT2D eigenvalue weighted by molar-refractivity contribution is 5.82. The minimum absolute atomic E-state index is 0.0875. The molecule has 0 saturated carbocycles. The Hall–Kier alpha value is -1.59. The van der Waals surface area contributed by atoms with Crippen LogP contribution < -0.4 is 11.1 Å². The van der Waals surface area contributed by atoms with Gasteiger partial charge < -0.3 is 21.3 Å². The molecule has 112 valence electrons. The summed E-state index contributed by atoms with van der Waals surface area (Å²) in [7, 11) is 0. The minimum atomic E-state index is -0.666. The standard InChI is InChI=1S/C15H24N2O3/c1-10(2)7-12(9-18)17-15(20)14(16)8-11-3-5-13(19)6-4-11/h3-6,10,12,14,18-19H,7-9,16H2,1-2H3,(H,17,20)/t12?,14-/m1/s1. The molecule has 0 saturated heterocycles. The summed E-state index contributed by atoms with van der Waals surface area (Å²) < 4.78 is 0. The van der Waals surface area contributed by atoms with Crippen LogP contribution in [0.25, 0.3) is 0 Å². The second kappa shape index (κ2) is 7.87. The van der Waals surface area contributed by atoms with Gasteiger partial charge in [0.25, 0.3) is 0 Å². The van der Waals surface area contributed by atoms with Crippen molar-refractivity contribution in [1.82, 2.24) is 5.32 Å². The molecular formula is C15H24N2O3. The van der Waals surface area contributed by atoms with Gasteiger partial charge in [-0.1, -0.05) is 26.0 Å². The Morgan fingerprint density at radius 2 is 1.90 bits per heavy atom. The lowest BCUT2D eigenvalue weighted by molar-refractivity contribution is -0.123. The van der Waals surface area contributed by atoms with E-state index in [4.69, 9.17) is 5.73 Å². The first kappa shape index (κ1) is 16.5. The van der Waals surface area contributed by atoms with Crippen molar-refractivity contribution < 1.29 is 15.0 Å². The third kappa shape index (κ3) is 5.59. The molecule has 0 aromatic heterocycles. The number of phenolic OH excluding ortho intramolecular Hbond substituents is 1. The summed E-state index contributed by atoms with van der Waals surface area (Å²) in [4.78, 5) is 12.0. The number of aliphatic hydroxyl groups excluding tert-OH is 1. The predicted molar refractivity (Wildman–Crippen MR) is 78.3 cm³/mol. The smallest absolute Gasteiger partial charge is 0.237 e. The number of carbonyl (C=O) groups excluding carboxylic acids is 1. The first-order valence-corrected chi connectivity index (χ1v) is 6.87. The van der Waals surface area contributed by atoms with Gasteiger partial charge in [0.15, 0.2) is 0 Å². The van der Waals surface area contributed by atoms with Crippen LogP contribution in [0.4, 0.5) is 0 Å². The third-order valence-corrected chi connectivity index (χ3v) is 3.05. The Kier molecular flexibility index (Phi) is 6.48. The molecule has 0 aliphatic carbocycles. The summed E-state index contributed by atoms with van der Waals surface area (Å²) in [6.45, 7) is 3.98. The van der Waals surface area contributed by atoms with Crippen molar-refractivity contribution >= 4 is 5.91 Å². The molecule has 1 unspecified atom stereocenters. The molecular weight excluding hydrogens is 256 g/mol. The molecule has 0 aliphatic rings. The van der Waals surface area contributed by atoms with Crippen LogP contribution in [0.15, 0.2) is 24.3 Å². The van der Waals surface area contributed by atoms with E-state index in [9.17, 15) is 15.0 Å². The second-order valence-corrected chi connectivity index (χ2v) is 5.49. The SMILES string of the molecule is CC(C)CC(CO)NC(=O)[C@H](N)Cc1ccc(O)cc1. The van der Waals surface area contributed by atoms with E-state index in [2.05, 4.69) is 5.32 Å². The quantitative estimate of drug-likeness (QED) is 0.593. The van der Waals surface area contributed by atoms with E-state index in [1.165, 1.54) is 0 Å². The minimum Gasteiger partial charge on any atom is -0.508 e. The fourth-order valence-corrected chi connectivity index (χ4v) is 2.04. The van der Waals surface area contributed by atoms with Crippen LogP contribution in [0.5, 0.6) is 5.75 Å². The summed E-state index contributed by atoms with van der Waals surface area (Å²) in [6, 6.07) is 5.68. The van der Waals surface area contributed by atoms with Gasteiger partial charge in [-0.25, -0.2) is 0 Å². The zero-order chi connectivity index (χ0) is 15.1. The van der Waals surface area contributed by atoms with Crippen LogP contribution in [0.1, 0.15) is 25.8 Å². The number of benzene rings is 1. The van der Waals surface area contributed by atoms with Gasteiger partial charge in [-0.3, -0.25) is 4.79 Å². The number of aromatic hydroxyl groups is 1. The normalized spacial score (nSPS) is 14.1. The average molecular weight is 280 g/mol. The van der Waals surface area contributed by atoms with E-state index in [1.807, 2.05) is 13.8 Å². The molecule has 1 aromatic rings. The Morgan fingerprint density at radius 1 is 1.30 bits per heavy atom. The Balaban J connectivity index is 2.51. The van der Waals surface area contributed by atoms with Gasteiger partial charge in [0.05, 0.1) is 18.7 Å². The Bertz CT molecular complexity index is 418. The molecule has 0 fully saturated rings. The van der Waals surface area contributed by atoms with Crippen molar-refractivity contribution in [2.75, 3.05) is 6.61 Å². The summed E-state index contributed by atoms with van der Waals surface area (Å²) in [5, 5.41) is 21.2. The summed E-state index contributed by atoms with van der Waals surface area (Å²) in [6.07, 6.45) is 1.11. The molecule has 5 nitrogen and oxygen atoms in total. The highest BCUT2D eigenvalue weighted by atomic mass is 16.3. The number of nitrogens with one attached hydrogen (secondary N) is 1. The number of aliphatic hydroxyl groups is 1. The molecule has 0 bridgehead atoms. The van der Waals surface area contributed by atoms with Crippen LogP contribution >= 0.6 is 0 Å². The van der Waals surface area contributed by atoms with Crippen molar-refractivity contribution in [3.63, 3.8) is 0 Å². The zero-order valence-corrected chi connectivity index (χ0v) is 12.0. The summed E-state index contributed by atoms with van der Waals surface area (Å²) in [5.41, 5.74) is 6.75. The molecule has 2 atom stereocenters. The topological polar surface area (TPSA) is 95.6 Å². The van der Waals surface area contributed by atoms with Gasteiger partial charge >= 0.3 is 0 Å².